The van der Waals surface area contributed by atoms with Gasteiger partial charge in [0.1, 0.15) is 17.3 Å². The van der Waals surface area contributed by atoms with E-state index in [0.29, 0.717) is 18.1 Å². The number of hydrogen-bond acceptors (Lipinski definition) is 7. The summed E-state index contributed by atoms with van der Waals surface area (Å²) in [5.41, 5.74) is 13.9. The van der Waals surface area contributed by atoms with Crippen LogP contribution in [0.4, 0.5) is 5.82 Å². The SMILES string of the molecule is CCC[C@@H](N)C(=O)NC1CCC(n2ncc3c(N)nc(-c4ccc(Oc5ccccc5)cc4)nc32)CC1. The van der Waals surface area contributed by atoms with Crippen LogP contribution in [0.1, 0.15) is 51.5 Å². The maximum absolute atomic E-state index is 12.3. The van der Waals surface area contributed by atoms with Crippen molar-refractivity contribution >= 4 is 22.8 Å². The number of amides is 1. The summed E-state index contributed by atoms with van der Waals surface area (Å²) >= 11 is 0. The van der Waals surface area contributed by atoms with Crippen molar-refractivity contribution in [3.8, 4) is 22.9 Å². The summed E-state index contributed by atoms with van der Waals surface area (Å²) in [6, 6.07) is 17.2. The molecule has 0 saturated heterocycles. The molecule has 9 heteroatoms. The van der Waals surface area contributed by atoms with Gasteiger partial charge in [-0.15, -0.1) is 0 Å². The number of nitrogens with one attached hydrogen (secondary N) is 1. The monoisotopic (exact) mass is 499 g/mol. The summed E-state index contributed by atoms with van der Waals surface area (Å²) < 4.78 is 7.86. The Labute approximate surface area is 216 Å². The third-order valence-corrected chi connectivity index (χ3v) is 6.90. The number of carbonyl (C=O) groups is 1. The maximum atomic E-state index is 12.3. The second-order valence-corrected chi connectivity index (χ2v) is 9.61. The normalized spacial score (nSPS) is 18.4. The number of ether oxygens (including phenoxy) is 1. The van der Waals surface area contributed by atoms with Gasteiger partial charge in [0.25, 0.3) is 0 Å². The first-order valence-corrected chi connectivity index (χ1v) is 12.9. The molecule has 1 fully saturated rings. The van der Waals surface area contributed by atoms with Gasteiger partial charge >= 0.3 is 0 Å². The standard InChI is InChI=1S/C28H33N7O2/c1-2-6-24(29)28(36)32-19-11-13-20(14-12-19)35-27-23(17-31-35)25(30)33-26(34-27)18-9-15-22(16-10-18)37-21-7-4-3-5-8-21/h3-5,7-10,15-17,19-20,24H,2,6,11-14,29H2,1H3,(H,32,36)(H2,30,33,34)/t19?,20?,24-/m1/s1. The minimum Gasteiger partial charge on any atom is -0.457 e. The lowest BCUT2D eigenvalue weighted by Gasteiger charge is -2.30. The topological polar surface area (TPSA) is 134 Å². The number of anilines is 1. The van der Waals surface area contributed by atoms with Gasteiger partial charge in [-0.25, -0.2) is 14.6 Å². The summed E-state index contributed by atoms with van der Waals surface area (Å²) in [6.45, 7) is 2.03. The number of nitrogens with two attached hydrogens (primary N) is 2. The highest BCUT2D eigenvalue weighted by Gasteiger charge is 2.27. The average molecular weight is 500 g/mol. The zero-order chi connectivity index (χ0) is 25.8. The molecule has 2 aromatic heterocycles. The van der Waals surface area contributed by atoms with Crippen LogP contribution in [0, 0.1) is 0 Å². The molecule has 2 heterocycles. The van der Waals surface area contributed by atoms with Crippen molar-refractivity contribution in [2.75, 3.05) is 5.73 Å². The Bertz CT molecular complexity index is 1350. The molecule has 0 aliphatic heterocycles. The lowest BCUT2D eigenvalue weighted by atomic mass is 9.91. The Balaban J connectivity index is 1.30. The summed E-state index contributed by atoms with van der Waals surface area (Å²) in [5, 5.41) is 8.48. The van der Waals surface area contributed by atoms with E-state index in [-0.39, 0.29) is 18.0 Å². The van der Waals surface area contributed by atoms with E-state index >= 15 is 0 Å². The number of para-hydroxylation sites is 1. The molecule has 1 saturated carbocycles. The maximum Gasteiger partial charge on any atom is 0.237 e. The number of benzene rings is 2. The van der Waals surface area contributed by atoms with E-state index in [0.717, 1.165) is 60.2 Å². The quantitative estimate of drug-likeness (QED) is 0.323. The Hall–Kier alpha value is -3.98. The van der Waals surface area contributed by atoms with Gasteiger partial charge in [0.2, 0.25) is 5.91 Å². The zero-order valence-electron chi connectivity index (χ0n) is 21.0. The largest absolute Gasteiger partial charge is 0.457 e. The first-order valence-electron chi connectivity index (χ1n) is 12.9. The van der Waals surface area contributed by atoms with Crippen molar-refractivity contribution in [1.29, 1.82) is 0 Å². The van der Waals surface area contributed by atoms with Crippen LogP contribution in [0.5, 0.6) is 11.5 Å². The summed E-state index contributed by atoms with van der Waals surface area (Å²) in [4.78, 5) is 21.7. The molecule has 5 N–H and O–H groups in total. The lowest BCUT2D eigenvalue weighted by molar-refractivity contribution is -0.123. The van der Waals surface area contributed by atoms with Crippen molar-refractivity contribution in [2.24, 2.45) is 5.73 Å². The van der Waals surface area contributed by atoms with E-state index in [1.807, 2.05) is 66.2 Å². The second-order valence-electron chi connectivity index (χ2n) is 9.61. The summed E-state index contributed by atoms with van der Waals surface area (Å²) in [6.07, 6.45) is 6.84. The minimum absolute atomic E-state index is 0.0554. The fraction of sp³-hybridized carbons (Fsp3) is 0.357. The smallest absolute Gasteiger partial charge is 0.237 e. The molecular formula is C28H33N7O2. The molecular weight excluding hydrogens is 466 g/mol. The van der Waals surface area contributed by atoms with E-state index in [2.05, 4.69) is 15.4 Å². The van der Waals surface area contributed by atoms with Crippen LogP contribution in [0.2, 0.25) is 0 Å². The fourth-order valence-corrected chi connectivity index (χ4v) is 4.86. The third kappa shape index (κ3) is 5.56. The van der Waals surface area contributed by atoms with Crippen LogP contribution in [-0.4, -0.2) is 37.7 Å². The van der Waals surface area contributed by atoms with Gasteiger partial charge < -0.3 is 21.5 Å². The van der Waals surface area contributed by atoms with Gasteiger partial charge in [-0.05, 0) is 68.5 Å². The van der Waals surface area contributed by atoms with Crippen molar-refractivity contribution in [3.63, 3.8) is 0 Å². The molecule has 9 nitrogen and oxygen atoms in total. The molecule has 1 atom stereocenters. The zero-order valence-corrected chi connectivity index (χ0v) is 21.0. The van der Waals surface area contributed by atoms with Crippen molar-refractivity contribution in [1.82, 2.24) is 25.1 Å². The second kappa shape index (κ2) is 11.0. The van der Waals surface area contributed by atoms with E-state index in [1.165, 1.54) is 0 Å². The number of aromatic nitrogens is 4. The van der Waals surface area contributed by atoms with Gasteiger partial charge in [0.05, 0.1) is 23.7 Å². The molecule has 0 unspecified atom stereocenters. The Kier molecular flexibility index (Phi) is 7.32. The van der Waals surface area contributed by atoms with E-state index in [1.54, 1.807) is 6.20 Å². The molecule has 0 radical (unpaired) electrons. The van der Waals surface area contributed by atoms with Crippen molar-refractivity contribution < 1.29 is 9.53 Å². The van der Waals surface area contributed by atoms with E-state index < -0.39 is 6.04 Å². The average Bonchev–Trinajstić information content (AvgIpc) is 3.35. The number of hydrogen-bond donors (Lipinski definition) is 3. The molecule has 1 aliphatic carbocycles. The highest BCUT2D eigenvalue weighted by atomic mass is 16.5. The first kappa shape index (κ1) is 24.7. The third-order valence-electron chi connectivity index (χ3n) is 6.90. The lowest BCUT2D eigenvalue weighted by Crippen LogP contribution is -2.46. The van der Waals surface area contributed by atoms with Gasteiger partial charge in [0, 0.05) is 11.6 Å². The fourth-order valence-electron chi connectivity index (χ4n) is 4.86. The summed E-state index contributed by atoms with van der Waals surface area (Å²) in [7, 11) is 0. The molecule has 1 amide bonds. The van der Waals surface area contributed by atoms with Gasteiger partial charge in [-0.1, -0.05) is 31.5 Å². The van der Waals surface area contributed by atoms with Crippen molar-refractivity contribution in [3.05, 3.63) is 60.8 Å². The number of fused-ring (bicyclic) bond motifs is 1. The molecule has 4 aromatic rings. The Morgan fingerprint density at radius 2 is 1.76 bits per heavy atom. The highest BCUT2D eigenvalue weighted by molar-refractivity contribution is 5.87. The Morgan fingerprint density at radius 3 is 2.46 bits per heavy atom. The number of rotatable bonds is 8. The van der Waals surface area contributed by atoms with Crippen LogP contribution in [-0.2, 0) is 4.79 Å². The van der Waals surface area contributed by atoms with E-state index in [4.69, 9.17) is 21.2 Å². The molecule has 0 bridgehead atoms. The first-order chi connectivity index (χ1) is 18.0. The molecule has 5 rings (SSSR count). The van der Waals surface area contributed by atoms with Crippen molar-refractivity contribution in [2.45, 2.75) is 63.6 Å². The van der Waals surface area contributed by atoms with Crippen LogP contribution in [0.25, 0.3) is 22.4 Å². The molecule has 192 valence electrons. The van der Waals surface area contributed by atoms with E-state index in [9.17, 15) is 4.79 Å². The predicted molar refractivity (Wildman–Crippen MR) is 144 cm³/mol. The minimum atomic E-state index is -0.435. The molecule has 2 aromatic carbocycles. The highest BCUT2D eigenvalue weighted by Crippen LogP contribution is 2.32. The van der Waals surface area contributed by atoms with Gasteiger partial charge in [-0.3, -0.25) is 4.79 Å². The molecule has 37 heavy (non-hydrogen) atoms. The van der Waals surface area contributed by atoms with Crippen LogP contribution >= 0.6 is 0 Å². The van der Waals surface area contributed by atoms with Crippen LogP contribution in [0.15, 0.2) is 60.8 Å². The predicted octanol–water partition coefficient (Wildman–Crippen LogP) is 4.60. The Morgan fingerprint density at radius 1 is 1.05 bits per heavy atom. The van der Waals surface area contributed by atoms with Crippen LogP contribution in [0.3, 0.4) is 0 Å². The molecule has 0 spiro atoms. The number of nitrogen functional groups attached to an aromatic ring is 1. The van der Waals surface area contributed by atoms with Gasteiger partial charge in [0.15, 0.2) is 11.5 Å². The molecule has 1 aliphatic rings. The van der Waals surface area contributed by atoms with Crippen LogP contribution < -0.4 is 21.5 Å². The number of nitrogens with zero attached hydrogens (tertiary/aromatic N) is 4. The number of carbonyl (C=O) groups excluding carboxylic acids is 1. The van der Waals surface area contributed by atoms with Gasteiger partial charge in [-0.2, -0.15) is 5.10 Å². The summed E-state index contributed by atoms with van der Waals surface area (Å²) in [5.74, 6) is 2.40.